The third-order valence-electron chi connectivity index (χ3n) is 20.6. The number of amides is 2. The minimum atomic E-state index is -3.83. The summed E-state index contributed by atoms with van der Waals surface area (Å²) in [6.07, 6.45) is 8.81. The lowest BCUT2D eigenvalue weighted by molar-refractivity contribution is -0.384. The minimum Gasteiger partial charge on any atom is -0.478 e. The summed E-state index contributed by atoms with van der Waals surface area (Å²) in [6.45, 7) is 18.0. The van der Waals surface area contributed by atoms with E-state index in [1.54, 1.807) is 115 Å². The number of aromatic nitrogens is 14. The number of rotatable bonds is 21. The molecule has 45 heteroatoms. The molecule has 0 unspecified atom stereocenters. The minimum absolute atomic E-state index is 0.00284. The average molecular weight is 1880 g/mol. The zero-order valence-electron chi connectivity index (χ0n) is 71.1. The number of hydrogen-bond donors (Lipinski definition) is 14. The number of nitro groups is 3. The molecule has 1 aliphatic heterocycles. The third kappa shape index (κ3) is 24.0. The van der Waals surface area contributed by atoms with E-state index in [-0.39, 0.29) is 96.1 Å². The lowest BCUT2D eigenvalue weighted by Gasteiger charge is -2.30. The molecule has 8 heterocycles. The summed E-state index contributed by atoms with van der Waals surface area (Å²) in [5, 5.41) is 109. The maximum Gasteiger partial charge on any atom is 0.335 e. The highest BCUT2D eigenvalue weighted by molar-refractivity contribution is 7.93. The number of ether oxygens (including phenoxy) is 1. The van der Waals surface area contributed by atoms with Gasteiger partial charge in [0.1, 0.15) is 22.7 Å². The molecule has 9 aromatic carbocycles. The molecular formula is C89H83ClN22O20S2. The van der Waals surface area contributed by atoms with Crippen LogP contribution in [-0.4, -0.2) is 186 Å². The number of benzene rings is 9. The van der Waals surface area contributed by atoms with Gasteiger partial charge in [0.15, 0.2) is 24.2 Å². The fourth-order valence-corrected chi connectivity index (χ4v) is 16.0. The van der Waals surface area contributed by atoms with Crippen LogP contribution in [0.2, 0.25) is 0 Å². The molecule has 2 amide bonds. The average Bonchev–Trinajstić information content (AvgIpc) is 1.53. The van der Waals surface area contributed by atoms with Crippen molar-refractivity contribution in [1.82, 2.24) is 87.3 Å². The van der Waals surface area contributed by atoms with Gasteiger partial charge in [-0.3, -0.25) is 99.5 Å². The number of aromatic amines is 7. The van der Waals surface area contributed by atoms with E-state index in [4.69, 9.17) is 26.6 Å². The number of nitrogens with zero attached hydrogens (tertiary/aromatic N) is 10. The highest BCUT2D eigenvalue weighted by Gasteiger charge is 2.32. The number of aldehydes is 2. The maximum absolute atomic E-state index is 12.9. The fraction of sp³-hybridized carbons (Fsp3) is 0.169. The molecule has 42 nitrogen and oxygen atoms in total. The smallest absolute Gasteiger partial charge is 0.335 e. The number of nitrogens with one attached hydrogen (secondary N) is 12. The summed E-state index contributed by atoms with van der Waals surface area (Å²) in [5.74, 6) is -2.44. The Morgan fingerprint density at radius 1 is 0.455 bits per heavy atom. The van der Waals surface area contributed by atoms with Gasteiger partial charge in [0.2, 0.25) is 0 Å². The number of nitro benzene ring substituents is 3. The van der Waals surface area contributed by atoms with E-state index in [0.29, 0.717) is 132 Å². The van der Waals surface area contributed by atoms with E-state index in [2.05, 4.69) is 117 Å². The van der Waals surface area contributed by atoms with Gasteiger partial charge in [0.05, 0.1) is 96.6 Å². The van der Waals surface area contributed by atoms with Crippen molar-refractivity contribution >= 4 is 196 Å². The van der Waals surface area contributed by atoms with E-state index in [9.17, 15) is 80.7 Å². The van der Waals surface area contributed by atoms with Gasteiger partial charge in [-0.25, -0.2) is 26.4 Å². The normalized spacial score (nSPS) is 13.6. The number of H-pyrrole nitrogens is 7. The number of anilines is 2. The molecule has 2 aliphatic rings. The molecule has 1 saturated heterocycles. The lowest BCUT2D eigenvalue weighted by Crippen LogP contribution is -2.42. The summed E-state index contributed by atoms with van der Waals surface area (Å²) < 4.78 is 61.0. The lowest BCUT2D eigenvalue weighted by atomic mass is 9.86. The van der Waals surface area contributed by atoms with Crippen molar-refractivity contribution in [3.8, 4) is 0 Å². The van der Waals surface area contributed by atoms with Crippen molar-refractivity contribution in [1.29, 1.82) is 0 Å². The SMILES string of the molecule is C=C(Cl)c1n[nH]c2ccc([N+](=O)[O-])cc12.C=Cc1n[nH]c2ccc(C(=O)O)cc12.C=Cc1n[nH]c2ccc([N+](=O)[O-])cc12.CC(C)(C)OC(=O)C1CCC(NC(=O)c2ccc3[nH]nc(NS(=O)(=O)c4ccccc4)c3c2)CC1.O=C(NC1CCNCC1)c1ccc2[nH]nc(NS(=O)(=O)c3ccccc3)c2c1.O=Cc1[nH]nc2ccc(C(=O)O)cc12.O=Cc1[nH]nc2ccc([N+](=O)[O-])cc12. The molecule has 0 radical (unpaired) electrons. The molecule has 14 N–H and O–H groups in total. The van der Waals surface area contributed by atoms with Crippen molar-refractivity contribution in [3.63, 3.8) is 0 Å². The van der Waals surface area contributed by atoms with Crippen LogP contribution in [0.3, 0.4) is 0 Å². The first-order valence-electron chi connectivity index (χ1n) is 40.5. The Bertz CT molecular complexity index is 7030. The number of carbonyl (C=O) groups excluding carboxylic acids is 5. The van der Waals surface area contributed by atoms with Crippen molar-refractivity contribution in [2.24, 2.45) is 5.92 Å². The largest absolute Gasteiger partial charge is 0.478 e. The third-order valence-corrected chi connectivity index (χ3v) is 23.5. The highest BCUT2D eigenvalue weighted by atomic mass is 35.5. The number of esters is 1. The molecule has 0 bridgehead atoms. The number of sulfonamides is 2. The standard InChI is InChI=1S/C25H30N4O5S.C19H21N5O3S.C10H8N2O2.C9H6ClN3O2.C9H7N3O2.C9H6N2O3.C8H5N3O3/c1-25(2,3)34-24(31)16-9-12-18(13-10-16)26-23(30)17-11-14-21-20(15-17)22(28-27-21)29-35(32,33)19-7-5-4-6-8-19;25-19(21-14-8-10-20-11-9-14)13-6-7-17-16(12-13)18(23-22-17)24-28(26,27)15-4-2-1-3-5-15;1-2-8-7-5-6(10(13)14)3-4-9(7)12-11-8;1-5(10)9-7-4-6(13(14)15)2-3-8(7)11-12-9;1-2-8-7-5-6(12(13)14)3-4-9(7)11-10-8;12-4-8-6-3-5(9(13)14)1-2-7(6)10-11-8;12-4-8-6-3-5(11(13)14)1-2-7(6)9-10-8/h4-8,11,14-16,18H,9-10,12-13H2,1-3H3,(H,26,30)(H2,27,28,29);1-7,12,14,20H,8-11H2,(H,21,25)(H2,22,23,24);2-5H,1H2,(H,11,12)(H,13,14);2-4H,1H2,(H,11,12);2-5H,1H2,(H,10,11);1-4H,(H,10,11)(H,13,14);1-4H,(H,9,10). The number of carbonyl (C=O) groups is 7. The Morgan fingerprint density at radius 2 is 0.813 bits per heavy atom. The topological polar surface area (TPSA) is 628 Å². The van der Waals surface area contributed by atoms with Crippen LogP contribution >= 0.6 is 11.6 Å². The van der Waals surface area contributed by atoms with Crippen LogP contribution in [0.25, 0.3) is 93.5 Å². The Hall–Kier alpha value is -16.9. The summed E-state index contributed by atoms with van der Waals surface area (Å²) in [6, 6.07) is 48.6. The number of non-ortho nitro benzene ring substituents is 3. The predicted octanol–water partition coefficient (Wildman–Crippen LogP) is 14.9. The second kappa shape index (κ2) is 42.6. The van der Waals surface area contributed by atoms with Gasteiger partial charge in [-0.05, 0) is 200 Å². The number of carboxylic acid groups (broad SMARTS) is 2. The summed E-state index contributed by atoms with van der Waals surface area (Å²) >= 11 is 5.71. The van der Waals surface area contributed by atoms with Crippen LogP contribution in [0.15, 0.2) is 218 Å². The molecule has 688 valence electrons. The van der Waals surface area contributed by atoms with Gasteiger partial charge < -0.3 is 30.9 Å². The molecule has 134 heavy (non-hydrogen) atoms. The quantitative estimate of drug-likeness (QED) is 0.0137. The molecule has 7 aromatic heterocycles. The second-order valence-corrected chi connectivity index (χ2v) is 34.5. The van der Waals surface area contributed by atoms with E-state index >= 15 is 0 Å². The Morgan fingerprint density at radius 3 is 1.25 bits per heavy atom. The van der Waals surface area contributed by atoms with Gasteiger partial charge in [-0.15, -0.1) is 0 Å². The van der Waals surface area contributed by atoms with Crippen LogP contribution in [0.1, 0.15) is 139 Å². The van der Waals surface area contributed by atoms with Crippen LogP contribution in [0.5, 0.6) is 0 Å². The van der Waals surface area contributed by atoms with Crippen molar-refractivity contribution in [2.75, 3.05) is 22.5 Å². The van der Waals surface area contributed by atoms with Gasteiger partial charge in [0.25, 0.3) is 48.9 Å². The predicted molar refractivity (Wildman–Crippen MR) is 499 cm³/mol. The summed E-state index contributed by atoms with van der Waals surface area (Å²) in [4.78, 5) is 111. The molecule has 1 aliphatic carbocycles. The fourth-order valence-electron chi connectivity index (χ4n) is 13.8. The number of aromatic carboxylic acids is 2. The van der Waals surface area contributed by atoms with E-state index in [1.807, 2.05) is 20.8 Å². The van der Waals surface area contributed by atoms with Crippen LogP contribution in [0, 0.1) is 36.3 Å². The zero-order valence-corrected chi connectivity index (χ0v) is 73.5. The van der Waals surface area contributed by atoms with Crippen molar-refractivity contribution < 1.29 is 80.1 Å². The molecule has 1 saturated carbocycles. The second-order valence-electron chi connectivity index (χ2n) is 30.7. The molecule has 18 rings (SSSR count). The molecule has 16 aromatic rings. The number of piperidine rings is 1. The molecular weight excluding hydrogens is 1800 g/mol. The molecule has 0 atom stereocenters. The Kier molecular flexibility index (Phi) is 30.6. The van der Waals surface area contributed by atoms with Gasteiger partial charge in [-0.2, -0.15) is 35.7 Å². The number of hydrogen-bond acceptors (Lipinski definition) is 26. The van der Waals surface area contributed by atoms with Crippen molar-refractivity contribution in [3.05, 3.63) is 289 Å². The van der Waals surface area contributed by atoms with Crippen LogP contribution < -0.4 is 25.4 Å². The van der Waals surface area contributed by atoms with Crippen molar-refractivity contribution in [2.45, 2.75) is 86.8 Å². The summed E-state index contributed by atoms with van der Waals surface area (Å²) in [5.41, 5.74) is 7.67. The maximum atomic E-state index is 12.9. The Labute approximate surface area is 763 Å². The van der Waals surface area contributed by atoms with Crippen LogP contribution in [0.4, 0.5) is 28.7 Å². The van der Waals surface area contributed by atoms with Gasteiger partial charge in [-0.1, -0.05) is 67.7 Å². The van der Waals surface area contributed by atoms with E-state index in [0.717, 1.165) is 42.4 Å². The Balaban J connectivity index is 0.000000146. The van der Waals surface area contributed by atoms with E-state index < -0.39 is 52.4 Å². The number of carboxylic acids is 2. The first-order chi connectivity index (χ1) is 64.0. The van der Waals surface area contributed by atoms with Gasteiger partial charge in [0, 0.05) is 97.3 Å². The summed E-state index contributed by atoms with van der Waals surface area (Å²) in [7, 11) is -7.60. The zero-order chi connectivity index (χ0) is 96.3. The molecule has 2 fully saturated rings. The first-order valence-corrected chi connectivity index (χ1v) is 43.8. The van der Waals surface area contributed by atoms with E-state index in [1.165, 1.54) is 84.9 Å². The highest BCUT2D eigenvalue weighted by Crippen LogP contribution is 2.33. The van der Waals surface area contributed by atoms with Crippen LogP contribution in [-0.2, 0) is 29.6 Å². The van der Waals surface area contributed by atoms with Gasteiger partial charge >= 0.3 is 17.9 Å². The monoisotopic (exact) mass is 1880 g/mol. The first kappa shape index (κ1) is 96.2. The number of fused-ring (bicyclic) bond motifs is 7. The molecule has 0 spiro atoms. The number of halogens is 1.